The zero-order chi connectivity index (χ0) is 13.3. The van der Waals surface area contributed by atoms with Gasteiger partial charge in [0, 0.05) is 5.75 Å². The van der Waals surface area contributed by atoms with E-state index >= 15 is 0 Å². The van der Waals surface area contributed by atoms with Gasteiger partial charge in [0.1, 0.15) is 11.9 Å². The molecule has 2 rings (SSSR count). The average Bonchev–Trinajstić information content (AvgIpc) is 2.80. The lowest BCUT2D eigenvalue weighted by atomic mass is 10.1. The number of amides is 1. The lowest BCUT2D eigenvalue weighted by Gasteiger charge is -2.20. The fraction of sp³-hybridized carbons (Fsp3) is 0.333. The van der Waals surface area contributed by atoms with Gasteiger partial charge in [-0.25, -0.2) is 9.18 Å². The third-order valence-corrected chi connectivity index (χ3v) is 3.79. The summed E-state index contributed by atoms with van der Waals surface area (Å²) < 4.78 is 13.6. The molecule has 1 atom stereocenters. The van der Waals surface area contributed by atoms with E-state index in [-0.39, 0.29) is 11.4 Å². The predicted octanol–water partition coefficient (Wildman–Crippen LogP) is 1.73. The first-order valence-corrected chi connectivity index (χ1v) is 6.54. The molecule has 1 saturated heterocycles. The number of carbonyl (C=O) groups excluding carboxylic acids is 1. The molecule has 1 aliphatic rings. The van der Waals surface area contributed by atoms with Crippen LogP contribution in [0.15, 0.2) is 18.2 Å². The number of aliphatic carboxylic acids is 1. The molecule has 1 N–H and O–H groups in total. The van der Waals surface area contributed by atoms with Crippen molar-refractivity contribution in [2.24, 2.45) is 0 Å². The minimum absolute atomic E-state index is 0.0660. The smallest absolute Gasteiger partial charge is 0.327 e. The largest absolute Gasteiger partial charge is 0.480 e. The second-order valence-corrected chi connectivity index (χ2v) is 5.11. The maximum Gasteiger partial charge on any atom is 0.327 e. The van der Waals surface area contributed by atoms with Gasteiger partial charge in [-0.3, -0.25) is 4.79 Å². The van der Waals surface area contributed by atoms with E-state index in [2.05, 4.69) is 0 Å². The molecular formula is C12H12FNO3S. The predicted molar refractivity (Wildman–Crippen MR) is 66.1 cm³/mol. The lowest BCUT2D eigenvalue weighted by molar-refractivity contribution is -0.140. The van der Waals surface area contributed by atoms with Gasteiger partial charge in [0.25, 0.3) is 5.91 Å². The summed E-state index contributed by atoms with van der Waals surface area (Å²) in [4.78, 5) is 24.3. The fourth-order valence-electron chi connectivity index (χ4n) is 1.81. The standard InChI is InChI=1S/C12H12FNO3S/c1-7-2-3-9(13)8(4-7)11(15)14-6-18-5-10(14)12(16)17/h2-4,10H,5-6H2,1H3,(H,16,17)/t10-/m0/s1. The Bertz CT molecular complexity index is 506. The number of benzene rings is 1. The highest BCUT2D eigenvalue weighted by atomic mass is 32.2. The van der Waals surface area contributed by atoms with E-state index in [0.29, 0.717) is 5.75 Å². The third-order valence-electron chi connectivity index (χ3n) is 2.78. The highest BCUT2D eigenvalue weighted by molar-refractivity contribution is 7.99. The van der Waals surface area contributed by atoms with Crippen LogP contribution in [0.3, 0.4) is 0 Å². The van der Waals surface area contributed by atoms with Crippen LogP contribution in [0.4, 0.5) is 4.39 Å². The monoisotopic (exact) mass is 269 g/mol. The quantitative estimate of drug-likeness (QED) is 0.888. The fourth-order valence-corrected chi connectivity index (χ4v) is 2.95. The van der Waals surface area contributed by atoms with Crippen molar-refractivity contribution in [3.8, 4) is 0 Å². The van der Waals surface area contributed by atoms with E-state index in [1.165, 1.54) is 28.8 Å². The Labute approximate surface area is 108 Å². The van der Waals surface area contributed by atoms with Crippen LogP contribution >= 0.6 is 11.8 Å². The maximum atomic E-state index is 13.6. The van der Waals surface area contributed by atoms with Crippen LogP contribution in [0.5, 0.6) is 0 Å². The second-order valence-electron chi connectivity index (χ2n) is 4.11. The molecule has 4 nitrogen and oxygen atoms in total. The van der Waals surface area contributed by atoms with Crippen LogP contribution < -0.4 is 0 Å². The molecule has 0 aliphatic carbocycles. The second kappa shape index (κ2) is 4.97. The molecule has 1 aromatic carbocycles. The summed E-state index contributed by atoms with van der Waals surface area (Å²) in [5.74, 6) is -1.61. The number of carboxylic acids is 1. The van der Waals surface area contributed by atoms with Gasteiger partial charge in [-0.1, -0.05) is 11.6 Å². The zero-order valence-electron chi connectivity index (χ0n) is 9.72. The summed E-state index contributed by atoms with van der Waals surface area (Å²) in [6, 6.07) is 3.36. The molecule has 1 amide bonds. The van der Waals surface area contributed by atoms with Gasteiger partial charge in [0.15, 0.2) is 0 Å². The summed E-state index contributed by atoms with van der Waals surface area (Å²) in [6.45, 7) is 1.75. The SMILES string of the molecule is Cc1ccc(F)c(C(=O)N2CSC[C@H]2C(=O)O)c1. The Morgan fingerprint density at radius 2 is 2.22 bits per heavy atom. The van der Waals surface area contributed by atoms with Crippen molar-refractivity contribution in [1.82, 2.24) is 4.90 Å². The molecule has 6 heteroatoms. The molecule has 0 saturated carbocycles. The summed E-state index contributed by atoms with van der Waals surface area (Å²) in [5, 5.41) is 9.00. The summed E-state index contributed by atoms with van der Waals surface area (Å²) in [5.41, 5.74) is 0.697. The van der Waals surface area contributed by atoms with Crippen LogP contribution in [0.25, 0.3) is 0 Å². The summed E-state index contributed by atoms with van der Waals surface area (Å²) >= 11 is 1.35. The molecule has 1 aliphatic heterocycles. The van der Waals surface area contributed by atoms with E-state index < -0.39 is 23.7 Å². The van der Waals surface area contributed by atoms with E-state index in [9.17, 15) is 14.0 Å². The van der Waals surface area contributed by atoms with E-state index in [1.54, 1.807) is 13.0 Å². The van der Waals surface area contributed by atoms with E-state index in [4.69, 9.17) is 5.11 Å². The van der Waals surface area contributed by atoms with Crippen molar-refractivity contribution in [3.63, 3.8) is 0 Å². The number of carboxylic acid groups (broad SMARTS) is 1. The van der Waals surface area contributed by atoms with Gasteiger partial charge in [0.2, 0.25) is 0 Å². The van der Waals surface area contributed by atoms with Crippen LogP contribution in [0, 0.1) is 12.7 Å². The summed E-state index contributed by atoms with van der Waals surface area (Å²) in [7, 11) is 0. The molecule has 0 bridgehead atoms. The van der Waals surface area contributed by atoms with Gasteiger partial charge in [0.05, 0.1) is 11.4 Å². The van der Waals surface area contributed by atoms with Crippen molar-refractivity contribution < 1.29 is 19.1 Å². The summed E-state index contributed by atoms with van der Waals surface area (Å²) in [6.07, 6.45) is 0. The van der Waals surface area contributed by atoms with E-state index in [0.717, 1.165) is 5.56 Å². The van der Waals surface area contributed by atoms with Crippen molar-refractivity contribution in [1.29, 1.82) is 0 Å². The normalized spacial score (nSPS) is 19.0. The van der Waals surface area contributed by atoms with Crippen LogP contribution in [0.2, 0.25) is 0 Å². The molecular weight excluding hydrogens is 257 g/mol. The topological polar surface area (TPSA) is 57.6 Å². The Morgan fingerprint density at radius 1 is 1.50 bits per heavy atom. The number of carbonyl (C=O) groups is 2. The minimum atomic E-state index is -1.05. The number of hydrogen-bond acceptors (Lipinski definition) is 3. The number of aryl methyl sites for hydroxylation is 1. The Kier molecular flexibility index (Phi) is 3.56. The van der Waals surface area contributed by atoms with Crippen LogP contribution in [0.1, 0.15) is 15.9 Å². The lowest BCUT2D eigenvalue weighted by Crippen LogP contribution is -2.42. The minimum Gasteiger partial charge on any atom is -0.480 e. The van der Waals surface area contributed by atoms with Crippen LogP contribution in [-0.4, -0.2) is 39.6 Å². The number of nitrogens with zero attached hydrogens (tertiary/aromatic N) is 1. The van der Waals surface area contributed by atoms with Crippen molar-refractivity contribution in [2.45, 2.75) is 13.0 Å². The third kappa shape index (κ3) is 2.33. The molecule has 0 aromatic heterocycles. The average molecular weight is 269 g/mol. The number of thioether (sulfide) groups is 1. The molecule has 0 unspecified atom stereocenters. The van der Waals surface area contributed by atoms with Gasteiger partial charge >= 0.3 is 5.97 Å². The van der Waals surface area contributed by atoms with Crippen LogP contribution in [-0.2, 0) is 4.79 Å². The molecule has 1 aromatic rings. The molecule has 0 spiro atoms. The molecule has 18 heavy (non-hydrogen) atoms. The first kappa shape index (κ1) is 12.9. The number of hydrogen-bond donors (Lipinski definition) is 1. The highest BCUT2D eigenvalue weighted by Crippen LogP contribution is 2.24. The number of rotatable bonds is 2. The van der Waals surface area contributed by atoms with Gasteiger partial charge < -0.3 is 10.0 Å². The zero-order valence-corrected chi connectivity index (χ0v) is 10.5. The highest BCUT2D eigenvalue weighted by Gasteiger charge is 2.35. The first-order valence-electron chi connectivity index (χ1n) is 5.38. The molecule has 1 heterocycles. The Hall–Kier alpha value is -1.56. The number of halogens is 1. The van der Waals surface area contributed by atoms with Gasteiger partial charge in [-0.05, 0) is 19.1 Å². The van der Waals surface area contributed by atoms with Gasteiger partial charge in [-0.15, -0.1) is 11.8 Å². The molecule has 1 fully saturated rings. The van der Waals surface area contributed by atoms with E-state index in [1.807, 2.05) is 0 Å². The van der Waals surface area contributed by atoms with Crippen molar-refractivity contribution in [3.05, 3.63) is 35.1 Å². The maximum absolute atomic E-state index is 13.6. The van der Waals surface area contributed by atoms with Crippen molar-refractivity contribution >= 4 is 23.6 Å². The van der Waals surface area contributed by atoms with Gasteiger partial charge in [-0.2, -0.15) is 0 Å². The molecule has 0 radical (unpaired) electrons. The molecule has 96 valence electrons. The van der Waals surface area contributed by atoms with Crippen molar-refractivity contribution in [2.75, 3.05) is 11.6 Å². The Morgan fingerprint density at radius 3 is 2.89 bits per heavy atom. The first-order chi connectivity index (χ1) is 8.50. The Balaban J connectivity index is 2.31.